The molecule has 2 aromatic rings. The number of nitrogens with zero attached hydrogens (tertiary/aromatic N) is 1. The standard InChI is InChI=1S/C20H23FN2O3S/c1-15-7-9-16(10-8-15)22-19(24)13-27-14-20(25)23(2)11-12-26-18-6-4-3-5-17(18)21/h3-10H,11-14H2,1-2H3,(H,22,24). The van der Waals surface area contributed by atoms with E-state index in [1.165, 1.54) is 22.7 Å². The second-order valence-electron chi connectivity index (χ2n) is 6.00. The molecule has 0 spiro atoms. The van der Waals surface area contributed by atoms with Crippen LogP contribution in [-0.4, -0.2) is 48.4 Å². The van der Waals surface area contributed by atoms with Crippen LogP contribution in [0.3, 0.4) is 0 Å². The summed E-state index contributed by atoms with van der Waals surface area (Å²) in [6.45, 7) is 2.51. The van der Waals surface area contributed by atoms with Crippen LogP contribution in [0.4, 0.5) is 10.1 Å². The van der Waals surface area contributed by atoms with E-state index in [2.05, 4.69) is 5.32 Å². The quantitative estimate of drug-likeness (QED) is 0.713. The molecule has 0 aromatic heterocycles. The van der Waals surface area contributed by atoms with Crippen molar-refractivity contribution in [2.24, 2.45) is 0 Å². The Morgan fingerprint density at radius 2 is 1.81 bits per heavy atom. The second kappa shape index (κ2) is 10.6. The summed E-state index contributed by atoms with van der Waals surface area (Å²) in [6, 6.07) is 13.7. The van der Waals surface area contributed by atoms with Crippen LogP contribution >= 0.6 is 11.8 Å². The van der Waals surface area contributed by atoms with Gasteiger partial charge >= 0.3 is 0 Å². The van der Waals surface area contributed by atoms with Crippen molar-refractivity contribution in [3.63, 3.8) is 0 Å². The number of thioether (sulfide) groups is 1. The van der Waals surface area contributed by atoms with Gasteiger partial charge in [0.2, 0.25) is 11.8 Å². The number of nitrogens with one attached hydrogen (secondary N) is 1. The molecule has 0 unspecified atom stereocenters. The van der Waals surface area contributed by atoms with Gasteiger partial charge in [-0.2, -0.15) is 0 Å². The molecule has 0 aliphatic carbocycles. The number of aryl methyl sites for hydroxylation is 1. The maximum absolute atomic E-state index is 13.4. The van der Waals surface area contributed by atoms with Gasteiger partial charge in [0.15, 0.2) is 11.6 Å². The Kier molecular flexibility index (Phi) is 8.13. The van der Waals surface area contributed by atoms with Gasteiger partial charge in [0.05, 0.1) is 18.1 Å². The van der Waals surface area contributed by atoms with Crippen LogP contribution in [0.15, 0.2) is 48.5 Å². The van der Waals surface area contributed by atoms with E-state index >= 15 is 0 Å². The summed E-state index contributed by atoms with van der Waals surface area (Å²) in [6.07, 6.45) is 0. The molecule has 0 heterocycles. The SMILES string of the molecule is Cc1ccc(NC(=O)CSCC(=O)N(C)CCOc2ccccc2F)cc1. The predicted octanol–water partition coefficient (Wildman–Crippen LogP) is 3.34. The van der Waals surface area contributed by atoms with Gasteiger partial charge in [-0.1, -0.05) is 29.8 Å². The van der Waals surface area contributed by atoms with Crippen molar-refractivity contribution in [2.75, 3.05) is 37.0 Å². The van der Waals surface area contributed by atoms with E-state index in [0.717, 1.165) is 11.3 Å². The lowest BCUT2D eigenvalue weighted by molar-refractivity contribution is -0.127. The maximum atomic E-state index is 13.4. The summed E-state index contributed by atoms with van der Waals surface area (Å²) >= 11 is 1.25. The minimum Gasteiger partial charge on any atom is -0.489 e. The van der Waals surface area contributed by atoms with Crippen LogP contribution in [0, 0.1) is 12.7 Å². The predicted molar refractivity (Wildman–Crippen MR) is 107 cm³/mol. The fourth-order valence-corrected chi connectivity index (χ4v) is 2.91. The zero-order valence-corrected chi connectivity index (χ0v) is 16.2. The van der Waals surface area contributed by atoms with Gasteiger partial charge in [-0.3, -0.25) is 9.59 Å². The third-order valence-corrected chi connectivity index (χ3v) is 4.66. The zero-order valence-electron chi connectivity index (χ0n) is 15.4. The Bertz CT molecular complexity index is 768. The number of hydrogen-bond donors (Lipinski definition) is 1. The monoisotopic (exact) mass is 390 g/mol. The second-order valence-corrected chi connectivity index (χ2v) is 6.99. The Balaban J connectivity index is 1.63. The van der Waals surface area contributed by atoms with Gasteiger partial charge < -0.3 is 15.0 Å². The average molecular weight is 390 g/mol. The van der Waals surface area contributed by atoms with E-state index in [1.807, 2.05) is 31.2 Å². The lowest BCUT2D eigenvalue weighted by Crippen LogP contribution is -2.32. The summed E-state index contributed by atoms with van der Waals surface area (Å²) in [5.41, 5.74) is 1.86. The summed E-state index contributed by atoms with van der Waals surface area (Å²) in [5.74, 6) is -0.138. The average Bonchev–Trinajstić information content (AvgIpc) is 2.65. The molecular weight excluding hydrogens is 367 g/mol. The molecular formula is C20H23FN2O3S. The highest BCUT2D eigenvalue weighted by Crippen LogP contribution is 2.15. The van der Waals surface area contributed by atoms with Gasteiger partial charge in [-0.15, -0.1) is 11.8 Å². The summed E-state index contributed by atoms with van der Waals surface area (Å²) in [5, 5.41) is 2.79. The molecule has 0 saturated carbocycles. The van der Waals surface area contributed by atoms with Crippen LogP contribution in [0.1, 0.15) is 5.56 Å². The Morgan fingerprint density at radius 1 is 1.11 bits per heavy atom. The van der Waals surface area contributed by atoms with Gasteiger partial charge in [0.25, 0.3) is 0 Å². The van der Waals surface area contributed by atoms with Crippen LogP contribution in [0.5, 0.6) is 5.75 Å². The molecule has 0 radical (unpaired) electrons. The number of halogens is 1. The molecule has 2 rings (SSSR count). The van der Waals surface area contributed by atoms with Crippen molar-refractivity contribution >= 4 is 29.3 Å². The first-order chi connectivity index (χ1) is 13.0. The van der Waals surface area contributed by atoms with Crippen LogP contribution in [0.2, 0.25) is 0 Å². The largest absolute Gasteiger partial charge is 0.489 e. The third-order valence-electron chi connectivity index (χ3n) is 3.74. The highest BCUT2D eigenvalue weighted by Gasteiger charge is 2.11. The van der Waals surface area contributed by atoms with E-state index < -0.39 is 5.82 Å². The number of hydrogen-bond acceptors (Lipinski definition) is 4. The molecule has 0 fully saturated rings. The number of benzene rings is 2. The molecule has 144 valence electrons. The minimum absolute atomic E-state index is 0.111. The van der Waals surface area contributed by atoms with Gasteiger partial charge in [-0.25, -0.2) is 4.39 Å². The van der Waals surface area contributed by atoms with Crippen molar-refractivity contribution in [1.82, 2.24) is 4.90 Å². The molecule has 5 nitrogen and oxygen atoms in total. The molecule has 2 aromatic carbocycles. The fourth-order valence-electron chi connectivity index (χ4n) is 2.15. The number of anilines is 1. The highest BCUT2D eigenvalue weighted by molar-refractivity contribution is 8.00. The number of rotatable bonds is 9. The first-order valence-corrected chi connectivity index (χ1v) is 9.66. The summed E-state index contributed by atoms with van der Waals surface area (Å²) < 4.78 is 18.8. The van der Waals surface area contributed by atoms with Gasteiger partial charge in [0.1, 0.15) is 6.61 Å². The number of ether oxygens (including phenoxy) is 1. The van der Waals surface area contributed by atoms with Crippen molar-refractivity contribution in [1.29, 1.82) is 0 Å². The Labute approximate surface area is 162 Å². The molecule has 0 aliphatic heterocycles. The lowest BCUT2D eigenvalue weighted by atomic mass is 10.2. The van der Waals surface area contributed by atoms with Crippen molar-refractivity contribution < 1.29 is 18.7 Å². The zero-order chi connectivity index (χ0) is 19.6. The van der Waals surface area contributed by atoms with Crippen molar-refractivity contribution in [3.05, 3.63) is 59.9 Å². The lowest BCUT2D eigenvalue weighted by Gasteiger charge is -2.17. The molecule has 7 heteroatoms. The Morgan fingerprint density at radius 3 is 2.52 bits per heavy atom. The van der Waals surface area contributed by atoms with Gasteiger partial charge in [-0.05, 0) is 31.2 Å². The van der Waals surface area contributed by atoms with Crippen LogP contribution in [-0.2, 0) is 9.59 Å². The fraction of sp³-hybridized carbons (Fsp3) is 0.300. The van der Waals surface area contributed by atoms with Crippen molar-refractivity contribution in [3.8, 4) is 5.75 Å². The van der Waals surface area contributed by atoms with E-state index in [0.29, 0.717) is 6.54 Å². The van der Waals surface area contributed by atoms with E-state index in [-0.39, 0.29) is 35.7 Å². The van der Waals surface area contributed by atoms with Gasteiger partial charge in [0, 0.05) is 12.7 Å². The molecule has 0 aliphatic rings. The van der Waals surface area contributed by atoms with E-state index in [1.54, 1.807) is 25.2 Å². The number of carbonyl (C=O) groups is 2. The number of likely N-dealkylation sites (N-methyl/N-ethyl adjacent to an activating group) is 1. The molecule has 1 N–H and O–H groups in total. The Hall–Kier alpha value is -2.54. The molecule has 0 atom stereocenters. The van der Waals surface area contributed by atoms with E-state index in [4.69, 9.17) is 4.74 Å². The normalized spacial score (nSPS) is 10.3. The molecule has 2 amide bonds. The number of amides is 2. The van der Waals surface area contributed by atoms with Crippen LogP contribution in [0.25, 0.3) is 0 Å². The van der Waals surface area contributed by atoms with E-state index in [9.17, 15) is 14.0 Å². The van der Waals surface area contributed by atoms with Crippen molar-refractivity contribution in [2.45, 2.75) is 6.92 Å². The summed E-state index contributed by atoms with van der Waals surface area (Å²) in [7, 11) is 1.65. The molecule has 27 heavy (non-hydrogen) atoms. The highest BCUT2D eigenvalue weighted by atomic mass is 32.2. The topological polar surface area (TPSA) is 58.6 Å². The smallest absolute Gasteiger partial charge is 0.234 e. The first-order valence-electron chi connectivity index (χ1n) is 8.51. The minimum atomic E-state index is -0.429. The number of carbonyl (C=O) groups excluding carboxylic acids is 2. The third kappa shape index (κ3) is 7.30. The molecule has 0 saturated heterocycles. The van der Waals surface area contributed by atoms with Crippen LogP contribution < -0.4 is 10.1 Å². The molecule has 0 bridgehead atoms. The number of para-hydroxylation sites is 1. The summed E-state index contributed by atoms with van der Waals surface area (Å²) in [4.78, 5) is 25.5. The maximum Gasteiger partial charge on any atom is 0.234 e. The first kappa shape index (κ1) is 20.8.